The first-order chi connectivity index (χ1) is 34.5. The molecule has 0 atom stereocenters. The predicted octanol–water partition coefficient (Wildman–Crippen LogP) is 13.9. The molecule has 0 aliphatic heterocycles. The maximum Gasteiger partial charge on any atom is 0.268 e. The number of imidazole rings is 1. The van der Waals surface area contributed by atoms with Crippen molar-refractivity contribution in [1.29, 1.82) is 0 Å². The first-order valence-electron chi connectivity index (χ1n) is 25.9. The molecular formula is C57H46N4OPt-2. The molecule has 3 aromatic heterocycles. The van der Waals surface area contributed by atoms with E-state index in [9.17, 15) is 0 Å². The van der Waals surface area contributed by atoms with E-state index in [4.69, 9.17) is 23.4 Å². The Balaban J connectivity index is 0.00000611. The first-order valence-corrected chi connectivity index (χ1v) is 20.9. The number of pyridine rings is 1. The summed E-state index contributed by atoms with van der Waals surface area (Å²) in [5.74, 6) is 2.15. The molecular weight excluding hydrogens is 952 g/mol. The van der Waals surface area contributed by atoms with Crippen LogP contribution in [-0.2, 0) is 26.5 Å². The summed E-state index contributed by atoms with van der Waals surface area (Å²) in [4.78, 5) is 4.89. The van der Waals surface area contributed by atoms with E-state index in [1.165, 1.54) is 31.2 Å². The molecule has 1 fully saturated rings. The van der Waals surface area contributed by atoms with Crippen molar-refractivity contribution in [3.05, 3.63) is 199 Å². The van der Waals surface area contributed by atoms with Crippen molar-refractivity contribution in [2.45, 2.75) is 57.8 Å². The van der Waals surface area contributed by atoms with E-state index in [0.717, 1.165) is 33.2 Å². The minimum absolute atomic E-state index is 0. The number of ether oxygens (including phenoxy) is 1. The quantitative estimate of drug-likeness (QED) is 0.112. The predicted molar refractivity (Wildman–Crippen MR) is 251 cm³/mol. The zero-order valence-electron chi connectivity index (χ0n) is 44.8. The fourth-order valence-corrected chi connectivity index (χ4v) is 8.87. The monoisotopic (exact) mass is 1010 g/mol. The van der Waals surface area contributed by atoms with Crippen molar-refractivity contribution < 1.29 is 44.1 Å². The van der Waals surface area contributed by atoms with Gasteiger partial charge in [-0.05, 0) is 86.8 Å². The van der Waals surface area contributed by atoms with Gasteiger partial charge in [-0.15, -0.1) is 29.7 Å². The van der Waals surface area contributed by atoms with E-state index in [0.29, 0.717) is 34.1 Å². The van der Waals surface area contributed by atoms with Gasteiger partial charge in [0, 0.05) is 44.3 Å². The van der Waals surface area contributed by atoms with Crippen LogP contribution in [0.3, 0.4) is 0 Å². The van der Waals surface area contributed by atoms with Crippen molar-refractivity contribution in [2.24, 2.45) is 0 Å². The Kier molecular flexibility index (Phi) is 8.04. The summed E-state index contributed by atoms with van der Waals surface area (Å²) >= 11 is 0. The van der Waals surface area contributed by atoms with Crippen molar-refractivity contribution in [2.75, 3.05) is 0 Å². The van der Waals surface area contributed by atoms with Gasteiger partial charge in [0.2, 0.25) is 0 Å². The number of rotatable bonds is 8. The molecule has 0 radical (unpaired) electrons. The third-order valence-electron chi connectivity index (χ3n) is 11.9. The third kappa shape index (κ3) is 7.49. The van der Waals surface area contributed by atoms with Gasteiger partial charge in [-0.1, -0.05) is 154 Å². The molecule has 1 aliphatic rings. The molecule has 10 aromatic rings. The van der Waals surface area contributed by atoms with Crippen LogP contribution in [0, 0.1) is 18.5 Å². The van der Waals surface area contributed by atoms with Gasteiger partial charge in [0.1, 0.15) is 5.82 Å². The molecule has 7 aromatic carbocycles. The maximum absolute atomic E-state index is 9.02. The minimum atomic E-state index is -0.568. The third-order valence-corrected chi connectivity index (χ3v) is 11.9. The summed E-state index contributed by atoms with van der Waals surface area (Å²) in [6.45, 7) is 6.57. The second kappa shape index (κ2) is 16.6. The molecule has 0 amide bonds. The first kappa shape index (κ1) is 30.5. The number of nitrogens with zero attached hydrogens (tertiary/aromatic N) is 4. The summed E-state index contributed by atoms with van der Waals surface area (Å²) in [7, 11) is 0. The van der Waals surface area contributed by atoms with Crippen LogP contribution in [0.25, 0.3) is 72.3 Å². The van der Waals surface area contributed by atoms with Gasteiger partial charge in [-0.3, -0.25) is 4.57 Å². The van der Waals surface area contributed by atoms with Gasteiger partial charge >= 0.3 is 0 Å². The Labute approximate surface area is 397 Å². The number of fused-ring (bicyclic) bond motifs is 4. The van der Waals surface area contributed by atoms with Crippen LogP contribution in [0.4, 0.5) is 0 Å². The van der Waals surface area contributed by atoms with E-state index in [1.54, 1.807) is 33.4 Å². The topological polar surface area (TPSA) is 35.9 Å². The molecule has 11 rings (SSSR count). The molecule has 0 saturated heterocycles. The van der Waals surface area contributed by atoms with Crippen molar-refractivity contribution in [3.63, 3.8) is 0 Å². The standard InChI is InChI=1S/C57H46N4O.Pt/c1-57(2,3)43-32-33-58-55(35-43)61-51-31-28-42(39-16-10-11-17-39)34-50(51)49-30-29-46(37-54(49)61)62-45-23-14-22-44(36-45)59-38-60(53-27-13-12-26-52(53)59)56-47(40-18-6-4-7-19-40)24-15-25-48(56)41-20-8-5-9-21-41;/h4-9,12-15,18-35,39H,10-11,16-17H2,1-3H3;/q-2;/i4D,5D,6D,7D,8D,9D,18D,19D,20D,21D;. The van der Waals surface area contributed by atoms with Gasteiger partial charge < -0.3 is 13.9 Å². The molecule has 1 saturated carbocycles. The molecule has 0 spiro atoms. The Morgan fingerprint density at radius 3 is 2.13 bits per heavy atom. The summed E-state index contributed by atoms with van der Waals surface area (Å²) in [6.07, 6.45) is 10.1. The van der Waals surface area contributed by atoms with Crippen LogP contribution in [0.5, 0.6) is 11.5 Å². The average Bonchev–Trinajstić information content (AvgIpc) is 4.14. The van der Waals surface area contributed by atoms with Crippen molar-refractivity contribution >= 4 is 32.8 Å². The minimum Gasteiger partial charge on any atom is -0.510 e. The number of hydrogen-bond acceptors (Lipinski definition) is 2. The number of hydrogen-bond donors (Lipinski definition) is 0. The van der Waals surface area contributed by atoms with Gasteiger partial charge in [-0.2, -0.15) is 18.2 Å². The van der Waals surface area contributed by atoms with E-state index >= 15 is 0 Å². The zero-order chi connectivity index (χ0) is 50.5. The second-order valence-electron chi connectivity index (χ2n) is 16.8. The van der Waals surface area contributed by atoms with Gasteiger partial charge in [0.25, 0.3) is 6.33 Å². The van der Waals surface area contributed by atoms with Crippen molar-refractivity contribution in [1.82, 2.24) is 14.1 Å². The van der Waals surface area contributed by atoms with E-state index < -0.39 is 60.4 Å². The Morgan fingerprint density at radius 2 is 1.40 bits per heavy atom. The normalized spacial score (nSPS) is 15.4. The second-order valence-corrected chi connectivity index (χ2v) is 16.8. The fourth-order valence-electron chi connectivity index (χ4n) is 8.87. The van der Waals surface area contributed by atoms with Crippen LogP contribution < -0.4 is 9.30 Å². The zero-order valence-corrected chi connectivity index (χ0v) is 37.1. The van der Waals surface area contributed by atoms with E-state index in [-0.39, 0.29) is 54.4 Å². The largest absolute Gasteiger partial charge is 0.510 e. The molecule has 0 bridgehead atoms. The van der Waals surface area contributed by atoms with E-state index in [1.807, 2.05) is 48.7 Å². The summed E-state index contributed by atoms with van der Waals surface area (Å²) in [5, 5.41) is 2.16. The van der Waals surface area contributed by atoms with Gasteiger partial charge in [-0.25, -0.2) is 4.98 Å². The summed E-state index contributed by atoms with van der Waals surface area (Å²) in [6, 6.07) is 34.3. The Hall–Kier alpha value is -6.55. The van der Waals surface area contributed by atoms with Gasteiger partial charge in [0.15, 0.2) is 0 Å². The Morgan fingerprint density at radius 1 is 0.698 bits per heavy atom. The van der Waals surface area contributed by atoms with Crippen LogP contribution in [-0.4, -0.2) is 14.1 Å². The Bertz CT molecular complexity index is 3730. The van der Waals surface area contributed by atoms with Crippen LogP contribution in [0.1, 0.15) is 77.2 Å². The summed E-state index contributed by atoms with van der Waals surface area (Å²) < 4.78 is 99.2. The molecule has 312 valence electrons. The number of para-hydroxylation sites is 3. The smallest absolute Gasteiger partial charge is 0.268 e. The van der Waals surface area contributed by atoms with Crippen LogP contribution in [0.15, 0.2) is 170 Å². The SMILES string of the molecule is [2H]c1c([2H])c([2H])c(-c2cccc(-c3c([2H])c([2H])c([2H])c([2H])c3[2H])c2-[n+]2[c-]n(-c3[c-]c(Oc4[c-]c5c(cc4)c4cc(C6CCCC6)ccc4n5-c4cc(C(C)(C)C)ccn4)ccc3)c3ccccc32)c([2H])c1[2H].[Pt]. The molecule has 3 heterocycles. The molecule has 63 heavy (non-hydrogen) atoms. The van der Waals surface area contributed by atoms with Gasteiger partial charge in [0.05, 0.1) is 30.4 Å². The number of benzene rings is 7. The fraction of sp³-hybridized carbons (Fsp3) is 0.158. The van der Waals surface area contributed by atoms with E-state index in [2.05, 4.69) is 80.2 Å². The molecule has 5 nitrogen and oxygen atoms in total. The molecule has 0 N–H and O–H groups in total. The number of aromatic nitrogens is 4. The van der Waals surface area contributed by atoms with Crippen molar-refractivity contribution in [3.8, 4) is 50.9 Å². The average molecular weight is 1010 g/mol. The van der Waals surface area contributed by atoms with Crippen LogP contribution in [0.2, 0.25) is 0 Å². The summed E-state index contributed by atoms with van der Waals surface area (Å²) in [5.41, 5.74) is 6.12. The molecule has 1 aliphatic carbocycles. The molecule has 0 unspecified atom stereocenters. The van der Waals surface area contributed by atoms with Crippen LogP contribution >= 0.6 is 0 Å². The maximum atomic E-state index is 9.02. The molecule has 6 heteroatoms.